The summed E-state index contributed by atoms with van der Waals surface area (Å²) in [6.45, 7) is -3.04. The Balaban J connectivity index is 2.16. The van der Waals surface area contributed by atoms with Crippen LogP contribution >= 0.6 is 0 Å². The van der Waals surface area contributed by atoms with Crippen molar-refractivity contribution in [3.8, 4) is 11.5 Å². The highest BCUT2D eigenvalue weighted by Gasteiger charge is 2.19. The average molecular weight is 258 g/mol. The fraction of sp³-hybridized carbons (Fsp3) is 0.538. The zero-order valence-electron chi connectivity index (χ0n) is 9.94. The molecule has 3 nitrogen and oxygen atoms in total. The first-order valence-corrected chi connectivity index (χ1v) is 6.04. The molecule has 2 rings (SSSR count). The summed E-state index contributed by atoms with van der Waals surface area (Å²) in [7, 11) is 0. The molecular weight excluding hydrogens is 242 g/mol. The topological polar surface area (TPSA) is 38.7 Å². The van der Waals surface area contributed by atoms with Crippen LogP contribution in [0.25, 0.3) is 0 Å². The first kappa shape index (κ1) is 13.1. The summed E-state index contributed by atoms with van der Waals surface area (Å²) in [4.78, 5) is 0. The lowest BCUT2D eigenvalue weighted by Crippen LogP contribution is -2.13. The number of aliphatic hydroxyl groups excluding tert-OH is 1. The van der Waals surface area contributed by atoms with Gasteiger partial charge in [-0.05, 0) is 43.4 Å². The summed E-state index contributed by atoms with van der Waals surface area (Å²) >= 11 is 0. The first-order valence-electron chi connectivity index (χ1n) is 6.04. The summed E-state index contributed by atoms with van der Waals surface area (Å²) in [5.41, 5.74) is 0.615. The van der Waals surface area contributed by atoms with Gasteiger partial charge >= 0.3 is 6.61 Å². The van der Waals surface area contributed by atoms with Gasteiger partial charge in [0, 0.05) is 0 Å². The van der Waals surface area contributed by atoms with Gasteiger partial charge in [-0.25, -0.2) is 0 Å². The minimum absolute atomic E-state index is 0.0223. The average Bonchev–Trinajstić information content (AvgIpc) is 2.83. The Hall–Kier alpha value is -1.36. The van der Waals surface area contributed by atoms with Crippen molar-refractivity contribution in [3.05, 3.63) is 23.8 Å². The van der Waals surface area contributed by atoms with Crippen LogP contribution in [0.2, 0.25) is 0 Å². The van der Waals surface area contributed by atoms with Crippen LogP contribution in [-0.4, -0.2) is 17.8 Å². The van der Waals surface area contributed by atoms with Crippen LogP contribution in [0.15, 0.2) is 18.2 Å². The Labute approximate surface area is 104 Å². The van der Waals surface area contributed by atoms with E-state index in [0.717, 1.165) is 25.7 Å². The molecule has 0 saturated heterocycles. The van der Waals surface area contributed by atoms with E-state index >= 15 is 0 Å². The predicted molar refractivity (Wildman–Crippen MR) is 61.9 cm³/mol. The SMILES string of the molecule is OCc1ccc(OC(F)F)c(OC2CCCC2)c1. The zero-order chi connectivity index (χ0) is 13.0. The molecule has 0 spiro atoms. The van der Waals surface area contributed by atoms with Gasteiger partial charge in [-0.15, -0.1) is 0 Å². The van der Waals surface area contributed by atoms with E-state index in [-0.39, 0.29) is 24.2 Å². The van der Waals surface area contributed by atoms with Crippen LogP contribution in [-0.2, 0) is 6.61 Å². The van der Waals surface area contributed by atoms with Gasteiger partial charge < -0.3 is 14.6 Å². The summed E-state index contributed by atoms with van der Waals surface area (Å²) in [5.74, 6) is 0.308. The molecule has 5 heteroatoms. The Bertz CT molecular complexity index is 390. The molecular formula is C13H16F2O3. The van der Waals surface area contributed by atoms with Crippen molar-refractivity contribution >= 4 is 0 Å². The van der Waals surface area contributed by atoms with Gasteiger partial charge in [-0.1, -0.05) is 6.07 Å². The van der Waals surface area contributed by atoms with Crippen molar-refractivity contribution in [2.75, 3.05) is 0 Å². The lowest BCUT2D eigenvalue weighted by Gasteiger charge is -2.17. The highest BCUT2D eigenvalue weighted by molar-refractivity contribution is 5.43. The molecule has 0 bridgehead atoms. The van der Waals surface area contributed by atoms with Crippen LogP contribution in [0.1, 0.15) is 31.2 Å². The molecule has 0 aliphatic heterocycles. The summed E-state index contributed by atoms with van der Waals surface area (Å²) in [6.07, 6.45) is 4.10. The normalized spacial score (nSPS) is 16.2. The highest BCUT2D eigenvalue weighted by atomic mass is 19.3. The fourth-order valence-electron chi connectivity index (χ4n) is 2.12. The van der Waals surface area contributed by atoms with Crippen LogP contribution < -0.4 is 9.47 Å². The molecule has 0 aromatic heterocycles. The summed E-state index contributed by atoms with van der Waals surface area (Å²) in [6, 6.07) is 4.50. The monoisotopic (exact) mass is 258 g/mol. The van der Waals surface area contributed by atoms with E-state index in [1.54, 1.807) is 12.1 Å². The van der Waals surface area contributed by atoms with E-state index in [1.807, 2.05) is 0 Å². The second-order valence-corrected chi connectivity index (χ2v) is 4.34. The highest BCUT2D eigenvalue weighted by Crippen LogP contribution is 2.33. The molecule has 0 radical (unpaired) electrons. The van der Waals surface area contributed by atoms with E-state index in [1.165, 1.54) is 6.07 Å². The Morgan fingerprint density at radius 3 is 2.56 bits per heavy atom. The maximum atomic E-state index is 12.3. The molecule has 18 heavy (non-hydrogen) atoms. The van der Waals surface area contributed by atoms with Gasteiger partial charge in [0.05, 0.1) is 12.7 Å². The van der Waals surface area contributed by atoms with E-state index in [4.69, 9.17) is 9.84 Å². The van der Waals surface area contributed by atoms with E-state index in [9.17, 15) is 8.78 Å². The van der Waals surface area contributed by atoms with E-state index in [2.05, 4.69) is 4.74 Å². The van der Waals surface area contributed by atoms with Crippen LogP contribution in [0.4, 0.5) is 8.78 Å². The molecule has 100 valence electrons. The Morgan fingerprint density at radius 1 is 1.22 bits per heavy atom. The number of aliphatic hydroxyl groups is 1. The molecule has 1 aromatic carbocycles. The molecule has 1 N–H and O–H groups in total. The maximum Gasteiger partial charge on any atom is 0.387 e. The van der Waals surface area contributed by atoms with Crippen LogP contribution in [0, 0.1) is 0 Å². The lowest BCUT2D eigenvalue weighted by atomic mass is 10.2. The summed E-state index contributed by atoms with van der Waals surface area (Å²) < 4.78 is 34.6. The molecule has 0 unspecified atom stereocenters. The number of ether oxygens (including phenoxy) is 2. The molecule has 0 heterocycles. The van der Waals surface area contributed by atoms with Crippen molar-refractivity contribution in [2.24, 2.45) is 0 Å². The van der Waals surface area contributed by atoms with Gasteiger partial charge in [-0.3, -0.25) is 0 Å². The molecule has 0 atom stereocenters. The minimum atomic E-state index is -2.88. The zero-order valence-corrected chi connectivity index (χ0v) is 9.94. The van der Waals surface area contributed by atoms with E-state index < -0.39 is 6.61 Å². The molecule has 1 fully saturated rings. The third-order valence-corrected chi connectivity index (χ3v) is 3.00. The number of benzene rings is 1. The second kappa shape index (κ2) is 6.00. The number of alkyl halides is 2. The number of hydrogen-bond donors (Lipinski definition) is 1. The maximum absolute atomic E-state index is 12.3. The van der Waals surface area contributed by atoms with E-state index in [0.29, 0.717) is 5.56 Å². The largest absolute Gasteiger partial charge is 0.487 e. The molecule has 0 amide bonds. The first-order chi connectivity index (χ1) is 8.69. The number of halogens is 2. The minimum Gasteiger partial charge on any atom is -0.487 e. The lowest BCUT2D eigenvalue weighted by molar-refractivity contribution is -0.0520. The van der Waals surface area contributed by atoms with Gasteiger partial charge in [0.1, 0.15) is 0 Å². The second-order valence-electron chi connectivity index (χ2n) is 4.34. The van der Waals surface area contributed by atoms with Gasteiger partial charge in [0.2, 0.25) is 0 Å². The smallest absolute Gasteiger partial charge is 0.387 e. The van der Waals surface area contributed by atoms with Crippen LogP contribution in [0.3, 0.4) is 0 Å². The van der Waals surface area contributed by atoms with Crippen molar-refractivity contribution in [2.45, 2.75) is 45.0 Å². The molecule has 1 saturated carbocycles. The molecule has 1 aromatic rings. The van der Waals surface area contributed by atoms with Crippen molar-refractivity contribution in [1.82, 2.24) is 0 Å². The van der Waals surface area contributed by atoms with Crippen molar-refractivity contribution in [3.63, 3.8) is 0 Å². The van der Waals surface area contributed by atoms with Gasteiger partial charge in [-0.2, -0.15) is 8.78 Å². The van der Waals surface area contributed by atoms with Gasteiger partial charge in [0.15, 0.2) is 11.5 Å². The molecule has 1 aliphatic carbocycles. The predicted octanol–water partition coefficient (Wildman–Crippen LogP) is 3.10. The fourth-order valence-corrected chi connectivity index (χ4v) is 2.12. The summed E-state index contributed by atoms with van der Waals surface area (Å²) in [5, 5.41) is 9.05. The Kier molecular flexibility index (Phi) is 4.36. The van der Waals surface area contributed by atoms with Crippen LogP contribution in [0.5, 0.6) is 11.5 Å². The quantitative estimate of drug-likeness (QED) is 0.882. The van der Waals surface area contributed by atoms with Crippen molar-refractivity contribution in [1.29, 1.82) is 0 Å². The number of hydrogen-bond acceptors (Lipinski definition) is 3. The molecule has 1 aliphatic rings. The van der Waals surface area contributed by atoms with Gasteiger partial charge in [0.25, 0.3) is 0 Å². The third-order valence-electron chi connectivity index (χ3n) is 3.00. The van der Waals surface area contributed by atoms with Crippen molar-refractivity contribution < 1.29 is 23.4 Å². The third kappa shape index (κ3) is 3.32. The number of rotatable bonds is 5. The Morgan fingerprint density at radius 2 is 1.94 bits per heavy atom. The standard InChI is InChI=1S/C13H16F2O3/c14-13(15)18-11-6-5-9(8-16)7-12(11)17-10-3-1-2-4-10/h5-7,10,13,16H,1-4,8H2.